The molecule has 2 N–H and O–H groups in total. The first-order valence-corrected chi connectivity index (χ1v) is 14.7. The lowest BCUT2D eigenvalue weighted by Gasteiger charge is -2.31. The summed E-state index contributed by atoms with van der Waals surface area (Å²) >= 11 is 1.53. The zero-order valence-corrected chi connectivity index (χ0v) is 23.4. The summed E-state index contributed by atoms with van der Waals surface area (Å²) in [6, 6.07) is 18.0. The van der Waals surface area contributed by atoms with Crippen LogP contribution in [0.25, 0.3) is 21.7 Å². The Morgan fingerprint density at radius 3 is 2.69 bits per heavy atom. The maximum Gasteiger partial charge on any atom is 0.219 e. The number of fused-ring (bicyclic) bond motifs is 1. The monoisotopic (exact) mass is 541 g/mol. The van der Waals surface area contributed by atoms with Crippen LogP contribution in [0.4, 0.5) is 17.2 Å². The third-order valence-electron chi connectivity index (χ3n) is 7.91. The smallest absolute Gasteiger partial charge is 0.219 e. The average molecular weight is 542 g/mol. The van der Waals surface area contributed by atoms with E-state index in [-0.39, 0.29) is 5.91 Å². The van der Waals surface area contributed by atoms with Gasteiger partial charge in [0.05, 0.1) is 5.51 Å². The highest BCUT2D eigenvalue weighted by molar-refractivity contribution is 7.16. The van der Waals surface area contributed by atoms with Crippen LogP contribution in [0.5, 0.6) is 0 Å². The SMILES string of the molecule is CC(=O)N1CCC(NCc2cccc(-c3nc(Nc4cccc(N5CCC[C@@H]5C)c4)c4ncsc4n3)c2)CC1. The minimum atomic E-state index is 0.168. The van der Waals surface area contributed by atoms with Gasteiger partial charge in [0.25, 0.3) is 0 Å². The number of carbonyl (C=O) groups is 1. The molecule has 0 radical (unpaired) electrons. The Hall–Kier alpha value is -3.56. The average Bonchev–Trinajstić information content (AvgIpc) is 3.61. The Kier molecular flexibility index (Phi) is 7.43. The largest absolute Gasteiger partial charge is 0.369 e. The molecular formula is C30H35N7OS. The highest BCUT2D eigenvalue weighted by Gasteiger charge is 2.22. The van der Waals surface area contributed by atoms with Crippen molar-refractivity contribution < 1.29 is 4.79 Å². The van der Waals surface area contributed by atoms with Gasteiger partial charge in [-0.15, -0.1) is 11.3 Å². The molecule has 0 spiro atoms. The Morgan fingerprint density at radius 2 is 1.90 bits per heavy atom. The summed E-state index contributed by atoms with van der Waals surface area (Å²) in [6.07, 6.45) is 4.44. The molecule has 0 saturated carbocycles. The quantitative estimate of drug-likeness (QED) is 0.316. The first-order valence-electron chi connectivity index (χ1n) is 13.9. The number of rotatable bonds is 7. The topological polar surface area (TPSA) is 86.3 Å². The van der Waals surface area contributed by atoms with E-state index in [0.717, 1.165) is 66.4 Å². The fourth-order valence-corrected chi connectivity index (χ4v) is 6.33. The lowest BCUT2D eigenvalue weighted by molar-refractivity contribution is -0.129. The van der Waals surface area contributed by atoms with Crippen LogP contribution in [0.1, 0.15) is 45.1 Å². The van der Waals surface area contributed by atoms with Gasteiger partial charge in [0.15, 0.2) is 11.6 Å². The first-order chi connectivity index (χ1) is 19.0. The molecule has 2 fully saturated rings. The van der Waals surface area contributed by atoms with E-state index < -0.39 is 0 Å². The molecule has 4 aromatic rings. The molecule has 0 aliphatic carbocycles. The lowest BCUT2D eigenvalue weighted by atomic mass is 10.0. The maximum absolute atomic E-state index is 11.6. The van der Waals surface area contributed by atoms with Gasteiger partial charge >= 0.3 is 0 Å². The maximum atomic E-state index is 11.6. The highest BCUT2D eigenvalue weighted by Crippen LogP contribution is 2.32. The number of nitrogens with one attached hydrogen (secondary N) is 2. The normalized spacial score (nSPS) is 18.2. The van der Waals surface area contributed by atoms with Crippen LogP contribution < -0.4 is 15.5 Å². The predicted octanol–water partition coefficient (Wildman–Crippen LogP) is 5.59. The summed E-state index contributed by atoms with van der Waals surface area (Å²) in [7, 11) is 0. The molecule has 8 nitrogen and oxygen atoms in total. The van der Waals surface area contributed by atoms with Crippen molar-refractivity contribution in [3.05, 3.63) is 59.6 Å². The molecule has 1 atom stereocenters. The highest BCUT2D eigenvalue weighted by atomic mass is 32.1. The van der Waals surface area contributed by atoms with Crippen LogP contribution in [0.3, 0.4) is 0 Å². The lowest BCUT2D eigenvalue weighted by Crippen LogP contribution is -2.43. The summed E-state index contributed by atoms with van der Waals surface area (Å²) in [5.41, 5.74) is 7.03. The van der Waals surface area contributed by atoms with E-state index in [4.69, 9.17) is 9.97 Å². The molecule has 2 aromatic heterocycles. The minimum absolute atomic E-state index is 0.168. The second-order valence-electron chi connectivity index (χ2n) is 10.6. The van der Waals surface area contributed by atoms with Crippen molar-refractivity contribution >= 4 is 44.8 Å². The van der Waals surface area contributed by atoms with E-state index >= 15 is 0 Å². The Morgan fingerprint density at radius 1 is 1.05 bits per heavy atom. The van der Waals surface area contributed by atoms with Crippen molar-refractivity contribution in [2.45, 2.75) is 58.2 Å². The number of hydrogen-bond acceptors (Lipinski definition) is 8. The Labute approximate surface area is 233 Å². The molecule has 202 valence electrons. The Bertz CT molecular complexity index is 1460. The van der Waals surface area contributed by atoms with E-state index in [1.54, 1.807) is 6.92 Å². The third kappa shape index (κ3) is 5.74. The minimum Gasteiger partial charge on any atom is -0.369 e. The van der Waals surface area contributed by atoms with Crippen LogP contribution in [0.15, 0.2) is 54.0 Å². The number of aromatic nitrogens is 3. The van der Waals surface area contributed by atoms with E-state index in [9.17, 15) is 4.79 Å². The number of hydrogen-bond donors (Lipinski definition) is 2. The van der Waals surface area contributed by atoms with Crippen molar-refractivity contribution in [3.8, 4) is 11.4 Å². The van der Waals surface area contributed by atoms with Gasteiger partial charge < -0.3 is 20.4 Å². The molecule has 2 saturated heterocycles. The standard InChI is InChI=1S/C30H35N7OS/c1-20-6-5-13-37(20)26-10-4-9-25(17-26)33-29-27-30(39-19-32-27)35-28(34-29)23-8-3-7-22(16-23)18-31-24-11-14-36(15-12-24)21(2)38/h3-4,7-10,16-17,19-20,24,31H,5-6,11-15,18H2,1-2H3,(H,33,34,35)/t20-/m0/s1. The predicted molar refractivity (Wildman–Crippen MR) is 159 cm³/mol. The van der Waals surface area contributed by atoms with Gasteiger partial charge in [0.2, 0.25) is 5.91 Å². The van der Waals surface area contributed by atoms with Crippen molar-refractivity contribution in [1.82, 2.24) is 25.2 Å². The second kappa shape index (κ2) is 11.3. The summed E-state index contributed by atoms with van der Waals surface area (Å²) < 4.78 is 0. The third-order valence-corrected chi connectivity index (χ3v) is 8.63. The molecule has 0 bridgehead atoms. The first kappa shape index (κ1) is 25.7. The van der Waals surface area contributed by atoms with Crippen LogP contribution in [0.2, 0.25) is 0 Å². The summed E-state index contributed by atoms with van der Waals surface area (Å²) in [4.78, 5) is 31.2. The molecule has 4 heterocycles. The summed E-state index contributed by atoms with van der Waals surface area (Å²) in [6.45, 7) is 7.47. The van der Waals surface area contributed by atoms with E-state index in [2.05, 4.69) is 76.0 Å². The van der Waals surface area contributed by atoms with Crippen molar-refractivity contribution in [2.24, 2.45) is 0 Å². The van der Waals surface area contributed by atoms with E-state index in [0.29, 0.717) is 17.9 Å². The van der Waals surface area contributed by atoms with Gasteiger partial charge in [-0.3, -0.25) is 4.79 Å². The number of carbonyl (C=O) groups excluding carboxylic acids is 1. The second-order valence-corrected chi connectivity index (χ2v) is 11.5. The zero-order valence-electron chi connectivity index (χ0n) is 22.6. The number of nitrogens with zero attached hydrogens (tertiary/aromatic N) is 5. The van der Waals surface area contributed by atoms with Crippen LogP contribution in [0, 0.1) is 0 Å². The number of piperidine rings is 1. The number of benzene rings is 2. The van der Waals surface area contributed by atoms with Crippen molar-refractivity contribution in [1.29, 1.82) is 0 Å². The molecule has 1 amide bonds. The molecular weight excluding hydrogens is 506 g/mol. The summed E-state index contributed by atoms with van der Waals surface area (Å²) in [5.74, 6) is 1.58. The van der Waals surface area contributed by atoms with Gasteiger partial charge in [-0.2, -0.15) is 0 Å². The fraction of sp³-hybridized carbons (Fsp3) is 0.400. The Balaban J connectivity index is 1.20. The van der Waals surface area contributed by atoms with Gasteiger partial charge in [0, 0.05) is 62.1 Å². The number of anilines is 3. The number of thiazole rings is 1. The van der Waals surface area contributed by atoms with E-state index in [1.807, 2.05) is 10.4 Å². The molecule has 39 heavy (non-hydrogen) atoms. The molecule has 0 unspecified atom stereocenters. The van der Waals surface area contributed by atoms with E-state index in [1.165, 1.54) is 35.4 Å². The zero-order chi connectivity index (χ0) is 26.8. The van der Waals surface area contributed by atoms with Crippen LogP contribution >= 0.6 is 11.3 Å². The number of amides is 1. The summed E-state index contributed by atoms with van der Waals surface area (Å²) in [5, 5.41) is 7.22. The molecule has 6 rings (SSSR count). The molecule has 9 heteroatoms. The van der Waals surface area contributed by atoms with Crippen LogP contribution in [-0.4, -0.2) is 57.5 Å². The van der Waals surface area contributed by atoms with Gasteiger partial charge in [-0.1, -0.05) is 24.3 Å². The van der Waals surface area contributed by atoms with Crippen molar-refractivity contribution in [2.75, 3.05) is 29.9 Å². The van der Waals surface area contributed by atoms with Gasteiger partial charge in [0.1, 0.15) is 10.3 Å². The van der Waals surface area contributed by atoms with Gasteiger partial charge in [-0.25, -0.2) is 15.0 Å². The van der Waals surface area contributed by atoms with Crippen molar-refractivity contribution in [3.63, 3.8) is 0 Å². The molecule has 2 aliphatic heterocycles. The van der Waals surface area contributed by atoms with Gasteiger partial charge in [-0.05, 0) is 62.4 Å². The molecule has 2 aromatic carbocycles. The molecule has 2 aliphatic rings. The van der Waals surface area contributed by atoms with Crippen LogP contribution in [-0.2, 0) is 11.3 Å². The fourth-order valence-electron chi connectivity index (χ4n) is 5.67. The number of likely N-dealkylation sites (tertiary alicyclic amines) is 1.